The Bertz CT molecular complexity index is 513. The molecule has 2 aromatic rings. The summed E-state index contributed by atoms with van der Waals surface area (Å²) in [5.41, 5.74) is 5.20. The molecule has 0 aliphatic heterocycles. The first-order chi connectivity index (χ1) is 8.74. The molecular weight excluding hydrogens is 220 g/mol. The zero-order chi connectivity index (χ0) is 12.5. The van der Waals surface area contributed by atoms with Crippen molar-refractivity contribution in [1.29, 1.82) is 0 Å². The molecule has 0 radical (unpaired) electrons. The molecular formula is C16H20N2. The van der Waals surface area contributed by atoms with Crippen LogP contribution in [-0.4, -0.2) is 10.6 Å². The van der Waals surface area contributed by atoms with E-state index in [1.165, 1.54) is 35.5 Å². The van der Waals surface area contributed by atoms with E-state index in [-0.39, 0.29) is 0 Å². The summed E-state index contributed by atoms with van der Waals surface area (Å²) in [7, 11) is 0. The summed E-state index contributed by atoms with van der Waals surface area (Å²) in [6.07, 6.45) is 2.69. The Morgan fingerprint density at radius 2 is 1.61 bits per heavy atom. The summed E-state index contributed by atoms with van der Waals surface area (Å²) >= 11 is 0. The van der Waals surface area contributed by atoms with Gasteiger partial charge in [0.05, 0.1) is 0 Å². The van der Waals surface area contributed by atoms with Gasteiger partial charge in [0.15, 0.2) is 0 Å². The Morgan fingerprint density at radius 1 is 1.00 bits per heavy atom. The topological polar surface area (TPSA) is 17.0 Å². The van der Waals surface area contributed by atoms with Crippen molar-refractivity contribution in [2.24, 2.45) is 0 Å². The van der Waals surface area contributed by atoms with E-state index in [9.17, 15) is 0 Å². The van der Waals surface area contributed by atoms with Crippen molar-refractivity contribution in [3.63, 3.8) is 0 Å². The van der Waals surface area contributed by atoms with Gasteiger partial charge in [-0.3, -0.25) is 0 Å². The van der Waals surface area contributed by atoms with Gasteiger partial charge in [-0.2, -0.15) is 0 Å². The van der Waals surface area contributed by atoms with Crippen molar-refractivity contribution in [2.45, 2.75) is 39.3 Å². The minimum absolute atomic E-state index is 0.776. The van der Waals surface area contributed by atoms with Gasteiger partial charge in [0.25, 0.3) is 0 Å². The highest BCUT2D eigenvalue weighted by Crippen LogP contribution is 2.20. The Morgan fingerprint density at radius 3 is 2.17 bits per heavy atom. The third kappa shape index (κ3) is 2.34. The van der Waals surface area contributed by atoms with Gasteiger partial charge in [-0.15, -0.1) is 0 Å². The Kier molecular flexibility index (Phi) is 2.96. The minimum Gasteiger partial charge on any atom is -0.319 e. The highest BCUT2D eigenvalue weighted by Gasteiger charge is 2.19. The SMILES string of the molecule is Cc1ccc(C)n1-c1ccc(CNC2CC2)cc1. The molecule has 18 heavy (non-hydrogen) atoms. The van der Waals surface area contributed by atoms with Crippen LogP contribution >= 0.6 is 0 Å². The maximum Gasteiger partial charge on any atom is 0.0455 e. The summed E-state index contributed by atoms with van der Waals surface area (Å²) in [6.45, 7) is 5.29. The summed E-state index contributed by atoms with van der Waals surface area (Å²) in [6, 6.07) is 14.0. The highest BCUT2D eigenvalue weighted by molar-refractivity contribution is 5.39. The van der Waals surface area contributed by atoms with Crippen LogP contribution in [0.5, 0.6) is 0 Å². The van der Waals surface area contributed by atoms with Crippen LogP contribution in [0.25, 0.3) is 5.69 Å². The van der Waals surface area contributed by atoms with Gasteiger partial charge in [0.1, 0.15) is 0 Å². The quantitative estimate of drug-likeness (QED) is 0.867. The number of nitrogens with one attached hydrogen (secondary N) is 1. The molecule has 1 fully saturated rings. The maximum absolute atomic E-state index is 3.54. The fraction of sp³-hybridized carbons (Fsp3) is 0.375. The molecule has 1 saturated carbocycles. The van der Waals surface area contributed by atoms with Crippen molar-refractivity contribution < 1.29 is 0 Å². The van der Waals surface area contributed by atoms with E-state index in [0.29, 0.717) is 0 Å². The zero-order valence-electron chi connectivity index (χ0n) is 11.1. The molecule has 1 N–H and O–H groups in total. The van der Waals surface area contributed by atoms with Gasteiger partial charge >= 0.3 is 0 Å². The minimum atomic E-state index is 0.776. The summed E-state index contributed by atoms with van der Waals surface area (Å²) < 4.78 is 2.29. The lowest BCUT2D eigenvalue weighted by molar-refractivity contribution is 0.687. The highest BCUT2D eigenvalue weighted by atomic mass is 15.0. The Hall–Kier alpha value is -1.54. The monoisotopic (exact) mass is 240 g/mol. The van der Waals surface area contributed by atoms with Crippen molar-refractivity contribution in [2.75, 3.05) is 0 Å². The van der Waals surface area contributed by atoms with Crippen LogP contribution in [-0.2, 0) is 6.54 Å². The number of aryl methyl sites for hydroxylation is 2. The summed E-state index contributed by atoms with van der Waals surface area (Å²) in [4.78, 5) is 0. The molecule has 2 heteroatoms. The number of hydrogen-bond donors (Lipinski definition) is 1. The van der Waals surface area contributed by atoms with Crippen molar-refractivity contribution >= 4 is 0 Å². The van der Waals surface area contributed by atoms with E-state index in [2.05, 4.69) is 60.1 Å². The average Bonchev–Trinajstić information content (AvgIpc) is 3.14. The largest absolute Gasteiger partial charge is 0.319 e. The number of nitrogens with zero attached hydrogens (tertiary/aromatic N) is 1. The van der Waals surface area contributed by atoms with E-state index in [0.717, 1.165) is 12.6 Å². The first kappa shape index (κ1) is 11.5. The van der Waals surface area contributed by atoms with E-state index >= 15 is 0 Å². The number of aromatic nitrogens is 1. The summed E-state index contributed by atoms with van der Waals surface area (Å²) in [5.74, 6) is 0. The van der Waals surface area contributed by atoms with Crippen LogP contribution in [0.2, 0.25) is 0 Å². The van der Waals surface area contributed by atoms with E-state index in [4.69, 9.17) is 0 Å². The number of benzene rings is 1. The molecule has 94 valence electrons. The second kappa shape index (κ2) is 4.62. The van der Waals surface area contributed by atoms with Crippen LogP contribution in [0.15, 0.2) is 36.4 Å². The van der Waals surface area contributed by atoms with Gasteiger partial charge in [-0.05, 0) is 56.5 Å². The fourth-order valence-corrected chi connectivity index (χ4v) is 2.39. The van der Waals surface area contributed by atoms with Crippen LogP contribution in [0.1, 0.15) is 29.8 Å². The standard InChI is InChI=1S/C16H20N2/c1-12-3-4-13(2)18(12)16-9-5-14(6-10-16)11-17-15-7-8-15/h3-6,9-10,15,17H,7-8,11H2,1-2H3. The van der Waals surface area contributed by atoms with Gasteiger partial charge in [0.2, 0.25) is 0 Å². The van der Waals surface area contributed by atoms with E-state index < -0.39 is 0 Å². The van der Waals surface area contributed by atoms with E-state index in [1.807, 2.05) is 0 Å². The van der Waals surface area contributed by atoms with Crippen molar-refractivity contribution in [1.82, 2.24) is 9.88 Å². The van der Waals surface area contributed by atoms with Crippen LogP contribution in [0.3, 0.4) is 0 Å². The van der Waals surface area contributed by atoms with Crippen molar-refractivity contribution in [3.05, 3.63) is 53.3 Å². The van der Waals surface area contributed by atoms with Crippen LogP contribution in [0, 0.1) is 13.8 Å². The number of rotatable bonds is 4. The lowest BCUT2D eigenvalue weighted by Crippen LogP contribution is -2.15. The Balaban J connectivity index is 1.77. The molecule has 1 aromatic heterocycles. The molecule has 0 spiro atoms. The average molecular weight is 240 g/mol. The third-order valence-electron chi connectivity index (χ3n) is 3.64. The third-order valence-corrected chi connectivity index (χ3v) is 3.64. The predicted molar refractivity (Wildman–Crippen MR) is 75.1 cm³/mol. The first-order valence-electron chi connectivity index (χ1n) is 6.72. The lowest BCUT2D eigenvalue weighted by Gasteiger charge is -2.10. The molecule has 1 heterocycles. The first-order valence-corrected chi connectivity index (χ1v) is 6.72. The second-order valence-corrected chi connectivity index (χ2v) is 5.27. The van der Waals surface area contributed by atoms with Crippen LogP contribution < -0.4 is 5.32 Å². The fourth-order valence-electron chi connectivity index (χ4n) is 2.39. The normalized spacial score (nSPS) is 15.0. The predicted octanol–water partition coefficient (Wildman–Crippen LogP) is 3.35. The van der Waals surface area contributed by atoms with Crippen molar-refractivity contribution in [3.8, 4) is 5.69 Å². The molecule has 0 saturated heterocycles. The maximum atomic E-state index is 3.54. The molecule has 1 aliphatic rings. The van der Waals surface area contributed by atoms with Gasteiger partial charge in [-0.25, -0.2) is 0 Å². The second-order valence-electron chi connectivity index (χ2n) is 5.27. The molecule has 0 bridgehead atoms. The van der Waals surface area contributed by atoms with E-state index in [1.54, 1.807) is 0 Å². The lowest BCUT2D eigenvalue weighted by atomic mass is 10.2. The van der Waals surface area contributed by atoms with Gasteiger partial charge < -0.3 is 9.88 Å². The molecule has 2 nitrogen and oxygen atoms in total. The van der Waals surface area contributed by atoms with Gasteiger partial charge in [-0.1, -0.05) is 12.1 Å². The smallest absolute Gasteiger partial charge is 0.0455 e. The summed E-state index contributed by atoms with van der Waals surface area (Å²) in [5, 5.41) is 3.54. The number of hydrogen-bond acceptors (Lipinski definition) is 1. The molecule has 0 atom stereocenters. The molecule has 0 amide bonds. The molecule has 3 rings (SSSR count). The van der Waals surface area contributed by atoms with Crippen LogP contribution in [0.4, 0.5) is 0 Å². The molecule has 0 unspecified atom stereocenters. The Labute approximate surface area is 109 Å². The molecule has 1 aliphatic carbocycles. The molecule has 1 aromatic carbocycles. The zero-order valence-corrected chi connectivity index (χ0v) is 11.1. The van der Waals surface area contributed by atoms with Gasteiger partial charge in [0, 0.05) is 29.7 Å².